The Balaban J connectivity index is 2.58. The van der Waals surface area contributed by atoms with E-state index in [2.05, 4.69) is 0 Å². The first-order valence-electron chi connectivity index (χ1n) is 5.62. The second kappa shape index (κ2) is 6.55. The van der Waals surface area contributed by atoms with E-state index in [-0.39, 0.29) is 11.0 Å². The van der Waals surface area contributed by atoms with E-state index in [0.29, 0.717) is 23.7 Å². The molecule has 0 aliphatic rings. The van der Waals surface area contributed by atoms with E-state index in [9.17, 15) is 9.00 Å². The molecular formula is C13H18O3S. The summed E-state index contributed by atoms with van der Waals surface area (Å²) in [6.07, 6.45) is 0. The highest BCUT2D eigenvalue weighted by Gasteiger charge is 2.09. The van der Waals surface area contributed by atoms with Crippen LogP contribution in [0.25, 0.3) is 0 Å². The lowest BCUT2D eigenvalue weighted by Gasteiger charge is -2.10. The van der Waals surface area contributed by atoms with Gasteiger partial charge >= 0.3 is 0 Å². The third kappa shape index (κ3) is 4.30. The fourth-order valence-electron chi connectivity index (χ4n) is 1.35. The molecule has 0 amide bonds. The first-order valence-corrected chi connectivity index (χ1v) is 7.00. The fraction of sp³-hybridized carbons (Fsp3) is 0.462. The molecule has 0 heterocycles. The molecule has 0 fully saturated rings. The number of carbonyl (C=O) groups is 1. The van der Waals surface area contributed by atoms with Gasteiger partial charge in [0, 0.05) is 16.0 Å². The summed E-state index contributed by atoms with van der Waals surface area (Å²) in [4.78, 5) is 11.3. The first-order chi connectivity index (χ1) is 8.02. The average Bonchev–Trinajstić information content (AvgIpc) is 2.29. The number of rotatable bonds is 6. The molecule has 0 saturated heterocycles. The largest absolute Gasteiger partial charge is 0.492 e. The Bertz CT molecular complexity index is 413. The van der Waals surface area contributed by atoms with Crippen molar-refractivity contribution < 1.29 is 13.7 Å². The van der Waals surface area contributed by atoms with Gasteiger partial charge in [0.25, 0.3) is 0 Å². The monoisotopic (exact) mass is 254 g/mol. The second-order valence-electron chi connectivity index (χ2n) is 4.03. The van der Waals surface area contributed by atoms with E-state index in [1.54, 1.807) is 18.2 Å². The molecule has 3 nitrogen and oxygen atoms in total. The number of ketones is 1. The molecule has 0 saturated carbocycles. The standard InChI is InChI=1S/C13H18O3S/c1-10(2)17(15)9-8-16-13-7-5-4-6-12(13)11(3)14/h4-7,10H,8-9H2,1-3H3. The fourth-order valence-corrected chi connectivity index (χ4v) is 2.07. The molecule has 0 N–H and O–H groups in total. The average molecular weight is 254 g/mol. The van der Waals surface area contributed by atoms with Crippen molar-refractivity contribution >= 4 is 16.6 Å². The topological polar surface area (TPSA) is 43.4 Å². The zero-order valence-electron chi connectivity index (χ0n) is 10.4. The number of benzene rings is 1. The SMILES string of the molecule is CC(=O)c1ccccc1OCCS(=O)C(C)C. The van der Waals surface area contributed by atoms with Gasteiger partial charge in [0.1, 0.15) is 5.75 Å². The molecule has 17 heavy (non-hydrogen) atoms. The zero-order chi connectivity index (χ0) is 12.8. The third-order valence-corrected chi connectivity index (χ3v) is 3.95. The number of hydrogen-bond acceptors (Lipinski definition) is 3. The molecule has 94 valence electrons. The lowest BCUT2D eigenvalue weighted by Crippen LogP contribution is -2.16. The normalized spacial score (nSPS) is 12.5. The van der Waals surface area contributed by atoms with Gasteiger partial charge in [0.15, 0.2) is 5.78 Å². The summed E-state index contributed by atoms with van der Waals surface area (Å²) in [7, 11) is -0.873. The number of carbonyl (C=O) groups excluding carboxylic acids is 1. The van der Waals surface area contributed by atoms with E-state index < -0.39 is 10.8 Å². The second-order valence-corrected chi connectivity index (χ2v) is 6.15. The molecule has 0 spiro atoms. The summed E-state index contributed by atoms with van der Waals surface area (Å²) in [5, 5.41) is 0.140. The maximum absolute atomic E-state index is 11.5. The number of ether oxygens (including phenoxy) is 1. The minimum atomic E-state index is -0.873. The number of hydrogen-bond donors (Lipinski definition) is 0. The van der Waals surface area contributed by atoms with Crippen molar-refractivity contribution in [3.63, 3.8) is 0 Å². The summed E-state index contributed by atoms with van der Waals surface area (Å²) in [6.45, 7) is 5.71. The van der Waals surface area contributed by atoms with Crippen LogP contribution >= 0.6 is 0 Å². The highest BCUT2D eigenvalue weighted by molar-refractivity contribution is 7.85. The van der Waals surface area contributed by atoms with Crippen LogP contribution in [0, 0.1) is 0 Å². The summed E-state index contributed by atoms with van der Waals surface area (Å²) >= 11 is 0. The lowest BCUT2D eigenvalue weighted by atomic mass is 10.1. The van der Waals surface area contributed by atoms with Crippen LogP contribution in [0.4, 0.5) is 0 Å². The molecule has 0 aliphatic carbocycles. The van der Waals surface area contributed by atoms with Crippen LogP contribution < -0.4 is 4.74 Å². The van der Waals surface area contributed by atoms with Crippen LogP contribution in [0.15, 0.2) is 24.3 Å². The Morgan fingerprint density at radius 1 is 1.35 bits per heavy atom. The molecule has 0 bridgehead atoms. The molecule has 0 aromatic heterocycles. The summed E-state index contributed by atoms with van der Waals surface area (Å²) in [5.74, 6) is 1.04. The summed E-state index contributed by atoms with van der Waals surface area (Å²) in [6, 6.07) is 7.11. The summed E-state index contributed by atoms with van der Waals surface area (Å²) in [5.41, 5.74) is 0.572. The van der Waals surface area contributed by atoms with Crippen molar-refractivity contribution in [2.45, 2.75) is 26.0 Å². The smallest absolute Gasteiger partial charge is 0.163 e. The van der Waals surface area contributed by atoms with Crippen molar-refractivity contribution in [3.05, 3.63) is 29.8 Å². The van der Waals surface area contributed by atoms with Crippen LogP contribution in [0.5, 0.6) is 5.75 Å². The number of Topliss-reactive ketones (excluding diaryl/α,β-unsaturated/α-hetero) is 1. The van der Waals surface area contributed by atoms with Gasteiger partial charge in [-0.25, -0.2) is 0 Å². The van der Waals surface area contributed by atoms with Gasteiger partial charge in [-0.2, -0.15) is 0 Å². The van der Waals surface area contributed by atoms with Crippen LogP contribution in [-0.2, 0) is 10.8 Å². The Kier molecular flexibility index (Phi) is 5.35. The maximum atomic E-state index is 11.5. The molecule has 0 radical (unpaired) electrons. The molecule has 0 aliphatic heterocycles. The van der Waals surface area contributed by atoms with Gasteiger partial charge in [-0.1, -0.05) is 26.0 Å². The Hall–Kier alpha value is -1.16. The van der Waals surface area contributed by atoms with Crippen molar-refractivity contribution in [1.29, 1.82) is 0 Å². The van der Waals surface area contributed by atoms with Crippen LogP contribution in [0.3, 0.4) is 0 Å². The van der Waals surface area contributed by atoms with Crippen molar-refractivity contribution in [2.75, 3.05) is 12.4 Å². The lowest BCUT2D eigenvalue weighted by molar-refractivity contribution is 0.101. The molecular weight excluding hydrogens is 236 g/mol. The maximum Gasteiger partial charge on any atom is 0.163 e. The van der Waals surface area contributed by atoms with Gasteiger partial charge in [-0.05, 0) is 19.1 Å². The highest BCUT2D eigenvalue weighted by atomic mass is 32.2. The predicted molar refractivity (Wildman–Crippen MR) is 70.1 cm³/mol. The van der Waals surface area contributed by atoms with Crippen molar-refractivity contribution in [1.82, 2.24) is 0 Å². The predicted octanol–water partition coefficient (Wildman–Crippen LogP) is 2.43. The van der Waals surface area contributed by atoms with Crippen LogP contribution in [0.1, 0.15) is 31.1 Å². The minimum Gasteiger partial charge on any atom is -0.492 e. The molecule has 1 aromatic rings. The minimum absolute atomic E-state index is 0.0226. The van der Waals surface area contributed by atoms with Gasteiger partial charge in [0.2, 0.25) is 0 Å². The number of para-hydroxylation sites is 1. The molecule has 1 atom stereocenters. The molecule has 1 rings (SSSR count). The van der Waals surface area contributed by atoms with E-state index in [4.69, 9.17) is 4.74 Å². The highest BCUT2D eigenvalue weighted by Crippen LogP contribution is 2.18. The van der Waals surface area contributed by atoms with Crippen LogP contribution in [0.2, 0.25) is 0 Å². The zero-order valence-corrected chi connectivity index (χ0v) is 11.3. The Morgan fingerprint density at radius 3 is 2.59 bits per heavy atom. The Morgan fingerprint density at radius 2 is 2.00 bits per heavy atom. The Labute approximate surface area is 105 Å². The van der Waals surface area contributed by atoms with Crippen molar-refractivity contribution in [3.8, 4) is 5.75 Å². The van der Waals surface area contributed by atoms with Gasteiger partial charge in [-0.3, -0.25) is 9.00 Å². The molecule has 1 unspecified atom stereocenters. The van der Waals surface area contributed by atoms with E-state index in [1.807, 2.05) is 19.9 Å². The quantitative estimate of drug-likeness (QED) is 0.732. The van der Waals surface area contributed by atoms with E-state index in [0.717, 1.165) is 0 Å². The van der Waals surface area contributed by atoms with Crippen molar-refractivity contribution in [2.24, 2.45) is 0 Å². The van der Waals surface area contributed by atoms with Gasteiger partial charge in [-0.15, -0.1) is 0 Å². The molecule has 1 aromatic carbocycles. The van der Waals surface area contributed by atoms with E-state index in [1.165, 1.54) is 6.92 Å². The van der Waals surface area contributed by atoms with Gasteiger partial charge < -0.3 is 4.74 Å². The molecule has 4 heteroatoms. The first kappa shape index (κ1) is 13.9. The summed E-state index contributed by atoms with van der Waals surface area (Å²) < 4.78 is 17.0. The van der Waals surface area contributed by atoms with Crippen LogP contribution in [-0.4, -0.2) is 27.6 Å². The van der Waals surface area contributed by atoms with E-state index >= 15 is 0 Å². The van der Waals surface area contributed by atoms with Gasteiger partial charge in [0.05, 0.1) is 17.9 Å². The third-order valence-electron chi connectivity index (χ3n) is 2.33.